The minimum atomic E-state index is -0.0678. The number of fused-ring (bicyclic) bond motifs is 1. The number of aryl methyl sites for hydroxylation is 1. The van der Waals surface area contributed by atoms with Crippen molar-refractivity contribution < 1.29 is 9.59 Å². The van der Waals surface area contributed by atoms with E-state index in [0.29, 0.717) is 11.6 Å². The second-order valence-electron chi connectivity index (χ2n) is 7.96. The SMILES string of the molecule is O=C(Cc1ccccc1)Nc1nc(-c2ccc3c(c2)CCCN3C(=O)C2CC2)cs1. The fourth-order valence-electron chi connectivity index (χ4n) is 3.94. The van der Waals surface area contributed by atoms with Gasteiger partial charge < -0.3 is 10.2 Å². The summed E-state index contributed by atoms with van der Waals surface area (Å²) in [7, 11) is 0. The van der Waals surface area contributed by atoms with Gasteiger partial charge in [0.15, 0.2) is 5.13 Å². The molecular formula is C24H23N3O2S. The Morgan fingerprint density at radius 3 is 2.77 bits per heavy atom. The van der Waals surface area contributed by atoms with E-state index < -0.39 is 0 Å². The molecule has 0 atom stereocenters. The van der Waals surface area contributed by atoms with E-state index in [1.165, 1.54) is 16.9 Å². The van der Waals surface area contributed by atoms with Crippen LogP contribution in [-0.4, -0.2) is 23.3 Å². The van der Waals surface area contributed by atoms with Crippen LogP contribution < -0.4 is 10.2 Å². The molecule has 2 aromatic carbocycles. The van der Waals surface area contributed by atoms with Crippen LogP contribution >= 0.6 is 11.3 Å². The first-order valence-electron chi connectivity index (χ1n) is 10.4. The van der Waals surface area contributed by atoms with E-state index in [1.807, 2.05) is 46.7 Å². The van der Waals surface area contributed by atoms with Crippen molar-refractivity contribution in [1.82, 2.24) is 4.98 Å². The smallest absolute Gasteiger partial charge is 0.230 e. The van der Waals surface area contributed by atoms with E-state index in [2.05, 4.69) is 22.4 Å². The Morgan fingerprint density at radius 1 is 1.13 bits per heavy atom. The van der Waals surface area contributed by atoms with Gasteiger partial charge in [-0.1, -0.05) is 36.4 Å². The lowest BCUT2D eigenvalue weighted by atomic mass is 9.98. The summed E-state index contributed by atoms with van der Waals surface area (Å²) in [5.74, 6) is 0.443. The van der Waals surface area contributed by atoms with Crippen LogP contribution in [-0.2, 0) is 22.4 Å². The van der Waals surface area contributed by atoms with Crippen molar-refractivity contribution in [3.8, 4) is 11.3 Å². The van der Waals surface area contributed by atoms with Crippen LogP contribution in [0.25, 0.3) is 11.3 Å². The van der Waals surface area contributed by atoms with Gasteiger partial charge in [0, 0.05) is 29.1 Å². The lowest BCUT2D eigenvalue weighted by Crippen LogP contribution is -2.36. The Morgan fingerprint density at radius 2 is 1.97 bits per heavy atom. The highest BCUT2D eigenvalue weighted by molar-refractivity contribution is 7.14. The van der Waals surface area contributed by atoms with Gasteiger partial charge in [-0.2, -0.15) is 0 Å². The number of anilines is 2. The summed E-state index contributed by atoms with van der Waals surface area (Å²) in [6.45, 7) is 0.815. The molecule has 1 fully saturated rings. The van der Waals surface area contributed by atoms with Gasteiger partial charge in [-0.3, -0.25) is 9.59 Å². The van der Waals surface area contributed by atoms with Crippen LogP contribution in [0.1, 0.15) is 30.4 Å². The fraction of sp³-hybridized carbons (Fsp3) is 0.292. The Bertz CT molecular complexity index is 1090. The van der Waals surface area contributed by atoms with Crippen LogP contribution in [0.3, 0.4) is 0 Å². The van der Waals surface area contributed by atoms with Gasteiger partial charge in [0.05, 0.1) is 12.1 Å². The van der Waals surface area contributed by atoms with E-state index in [0.717, 1.165) is 54.7 Å². The molecule has 1 aliphatic carbocycles. The van der Waals surface area contributed by atoms with Gasteiger partial charge in [0.1, 0.15) is 0 Å². The highest BCUT2D eigenvalue weighted by atomic mass is 32.1. The molecule has 2 heterocycles. The topological polar surface area (TPSA) is 62.3 Å². The van der Waals surface area contributed by atoms with E-state index in [-0.39, 0.29) is 17.7 Å². The molecule has 5 rings (SSSR count). The third-order valence-corrected chi connectivity index (χ3v) is 6.40. The van der Waals surface area contributed by atoms with E-state index in [1.54, 1.807) is 0 Å². The van der Waals surface area contributed by atoms with Crippen LogP contribution in [0.4, 0.5) is 10.8 Å². The summed E-state index contributed by atoms with van der Waals surface area (Å²) in [5, 5.41) is 5.47. The van der Waals surface area contributed by atoms with Gasteiger partial charge >= 0.3 is 0 Å². The molecule has 0 radical (unpaired) electrons. The van der Waals surface area contributed by atoms with E-state index >= 15 is 0 Å². The van der Waals surface area contributed by atoms with E-state index in [4.69, 9.17) is 0 Å². The second kappa shape index (κ2) is 8.03. The van der Waals surface area contributed by atoms with Crippen molar-refractivity contribution in [2.45, 2.75) is 32.1 Å². The highest BCUT2D eigenvalue weighted by Gasteiger charge is 2.35. The summed E-state index contributed by atoms with van der Waals surface area (Å²) >= 11 is 1.43. The number of nitrogens with zero attached hydrogens (tertiary/aromatic N) is 2. The first-order chi connectivity index (χ1) is 14.7. The third kappa shape index (κ3) is 4.00. The van der Waals surface area contributed by atoms with Crippen LogP contribution in [0.2, 0.25) is 0 Å². The predicted octanol–water partition coefficient (Wildman–Crippen LogP) is 4.68. The molecule has 0 spiro atoms. The summed E-state index contributed by atoms with van der Waals surface area (Å²) in [6.07, 6.45) is 4.36. The molecular weight excluding hydrogens is 394 g/mol. The molecule has 1 N–H and O–H groups in total. The average Bonchev–Trinajstić information content (AvgIpc) is 3.52. The van der Waals surface area contributed by atoms with Gasteiger partial charge in [-0.25, -0.2) is 4.98 Å². The molecule has 0 bridgehead atoms. The molecule has 5 nitrogen and oxygen atoms in total. The second-order valence-corrected chi connectivity index (χ2v) is 8.82. The van der Waals surface area contributed by atoms with Crippen molar-refractivity contribution in [2.75, 3.05) is 16.8 Å². The fourth-order valence-corrected chi connectivity index (χ4v) is 4.68. The molecule has 0 saturated heterocycles. The highest BCUT2D eigenvalue weighted by Crippen LogP contribution is 2.37. The number of nitrogens with one attached hydrogen (secondary N) is 1. The maximum Gasteiger partial charge on any atom is 0.230 e. The maximum atomic E-state index is 12.6. The molecule has 2 aliphatic rings. The number of hydrogen-bond donors (Lipinski definition) is 1. The molecule has 152 valence electrons. The number of benzene rings is 2. The van der Waals surface area contributed by atoms with Crippen molar-refractivity contribution >= 4 is 34.0 Å². The van der Waals surface area contributed by atoms with Gasteiger partial charge in [0.2, 0.25) is 11.8 Å². The Labute approximate surface area is 179 Å². The minimum absolute atomic E-state index is 0.0678. The lowest BCUT2D eigenvalue weighted by Gasteiger charge is -2.30. The molecule has 3 aromatic rings. The van der Waals surface area contributed by atoms with Crippen molar-refractivity contribution in [3.05, 3.63) is 65.0 Å². The summed E-state index contributed by atoms with van der Waals surface area (Å²) < 4.78 is 0. The van der Waals surface area contributed by atoms with Gasteiger partial charge in [-0.15, -0.1) is 11.3 Å². The average molecular weight is 418 g/mol. The first kappa shape index (κ1) is 19.0. The molecule has 1 aliphatic heterocycles. The van der Waals surface area contributed by atoms with Crippen molar-refractivity contribution in [3.63, 3.8) is 0 Å². The Kier molecular flexibility index (Phi) is 5.09. The number of aromatic nitrogens is 1. The number of hydrogen-bond acceptors (Lipinski definition) is 4. The van der Waals surface area contributed by atoms with Crippen molar-refractivity contribution in [1.29, 1.82) is 0 Å². The van der Waals surface area contributed by atoms with Crippen molar-refractivity contribution in [2.24, 2.45) is 5.92 Å². The molecule has 0 unspecified atom stereocenters. The largest absolute Gasteiger partial charge is 0.312 e. The summed E-state index contributed by atoms with van der Waals surface area (Å²) in [5.41, 5.74) is 5.11. The zero-order chi connectivity index (χ0) is 20.5. The van der Waals surface area contributed by atoms with Gasteiger partial charge in [-0.05, 0) is 48.9 Å². The summed E-state index contributed by atoms with van der Waals surface area (Å²) in [4.78, 5) is 31.5. The minimum Gasteiger partial charge on any atom is -0.312 e. The van der Waals surface area contributed by atoms with Crippen LogP contribution in [0.15, 0.2) is 53.9 Å². The number of rotatable bonds is 5. The number of thiazole rings is 1. The van der Waals surface area contributed by atoms with E-state index in [9.17, 15) is 9.59 Å². The van der Waals surface area contributed by atoms with Gasteiger partial charge in [0.25, 0.3) is 0 Å². The first-order valence-corrected chi connectivity index (χ1v) is 11.3. The van der Waals surface area contributed by atoms with Crippen LogP contribution in [0, 0.1) is 5.92 Å². The molecule has 1 aromatic heterocycles. The zero-order valence-electron chi connectivity index (χ0n) is 16.6. The molecule has 6 heteroatoms. The zero-order valence-corrected chi connectivity index (χ0v) is 17.5. The quantitative estimate of drug-likeness (QED) is 0.656. The number of carbonyl (C=O) groups excluding carboxylic acids is 2. The normalized spacial score (nSPS) is 15.5. The maximum absolute atomic E-state index is 12.6. The number of carbonyl (C=O) groups is 2. The molecule has 2 amide bonds. The monoisotopic (exact) mass is 417 g/mol. The Balaban J connectivity index is 1.30. The van der Waals surface area contributed by atoms with Crippen LogP contribution in [0.5, 0.6) is 0 Å². The predicted molar refractivity (Wildman–Crippen MR) is 120 cm³/mol. The number of amides is 2. The summed E-state index contributed by atoms with van der Waals surface area (Å²) in [6, 6.07) is 15.9. The Hall–Kier alpha value is -2.99. The standard InChI is InChI=1S/C24H23N3O2S/c28-22(13-16-5-2-1-3-6-16)26-24-25-20(15-30-24)18-10-11-21-19(14-18)7-4-12-27(21)23(29)17-8-9-17/h1-3,5-6,10-11,14-15,17H,4,7-9,12-13H2,(H,25,26,28). The molecule has 30 heavy (non-hydrogen) atoms. The third-order valence-electron chi connectivity index (χ3n) is 5.64. The molecule has 1 saturated carbocycles. The lowest BCUT2D eigenvalue weighted by molar-refractivity contribution is -0.120.